The van der Waals surface area contributed by atoms with Crippen molar-refractivity contribution in [3.8, 4) is 0 Å². The lowest BCUT2D eigenvalue weighted by molar-refractivity contribution is -0.130. The lowest BCUT2D eigenvalue weighted by Crippen LogP contribution is -2.44. The zero-order chi connectivity index (χ0) is 19.6. The molecule has 4 rings (SSSR count). The Hall–Kier alpha value is -3.08. The highest BCUT2D eigenvalue weighted by Gasteiger charge is 2.39. The van der Waals surface area contributed by atoms with Gasteiger partial charge in [0.15, 0.2) is 0 Å². The van der Waals surface area contributed by atoms with E-state index in [0.717, 1.165) is 36.0 Å². The number of carbonyl (C=O) groups excluding carboxylic acids is 1. The molecule has 1 amide bonds. The fourth-order valence-corrected chi connectivity index (χ4v) is 4.19. The van der Waals surface area contributed by atoms with E-state index < -0.39 is 5.97 Å². The molecule has 1 aliphatic carbocycles. The molecule has 2 aromatic carbocycles. The maximum atomic E-state index is 12.4. The average molecular weight is 377 g/mol. The Balaban J connectivity index is 1.43. The van der Waals surface area contributed by atoms with Crippen molar-refractivity contribution in [2.75, 3.05) is 13.1 Å². The number of carbonyl (C=O) groups is 2. The van der Waals surface area contributed by atoms with Gasteiger partial charge < -0.3 is 14.7 Å². The molecule has 144 valence electrons. The fourth-order valence-electron chi connectivity index (χ4n) is 4.19. The predicted octanol–water partition coefficient (Wildman–Crippen LogP) is 4.13. The molecule has 0 unspecified atom stereocenters. The van der Waals surface area contributed by atoms with Crippen LogP contribution in [-0.2, 0) is 22.6 Å². The van der Waals surface area contributed by atoms with Crippen LogP contribution in [0, 0.1) is 5.41 Å². The molecule has 0 saturated carbocycles. The highest BCUT2D eigenvalue weighted by Crippen LogP contribution is 2.44. The van der Waals surface area contributed by atoms with Gasteiger partial charge in [-0.1, -0.05) is 60.7 Å². The van der Waals surface area contributed by atoms with E-state index in [-0.39, 0.29) is 18.1 Å². The monoisotopic (exact) mass is 377 g/mol. The third-order valence-electron chi connectivity index (χ3n) is 5.75. The van der Waals surface area contributed by atoms with E-state index >= 15 is 0 Å². The molecule has 2 aromatic rings. The van der Waals surface area contributed by atoms with E-state index in [1.807, 2.05) is 60.7 Å². The number of piperidine rings is 1. The summed E-state index contributed by atoms with van der Waals surface area (Å²) in [6.45, 7) is 1.40. The number of carboxylic acid groups (broad SMARTS) is 1. The molecule has 5 heteroatoms. The SMILES string of the molecule is O=C(O)C1=CC2(CCN(C(=O)OCc3ccccc3)CC2)Cc2ccccc21. The third kappa shape index (κ3) is 3.65. The fraction of sp³-hybridized carbons (Fsp3) is 0.304. The van der Waals surface area contributed by atoms with Gasteiger partial charge >= 0.3 is 12.1 Å². The number of fused-ring (bicyclic) bond motifs is 1. The van der Waals surface area contributed by atoms with Crippen molar-refractivity contribution in [1.82, 2.24) is 4.90 Å². The molecule has 1 saturated heterocycles. The summed E-state index contributed by atoms with van der Waals surface area (Å²) in [5.74, 6) is -0.892. The van der Waals surface area contributed by atoms with Gasteiger partial charge in [0, 0.05) is 13.1 Å². The number of benzene rings is 2. The number of ether oxygens (including phenoxy) is 1. The Bertz CT molecular complexity index is 911. The average Bonchev–Trinajstić information content (AvgIpc) is 2.72. The second-order valence-corrected chi connectivity index (χ2v) is 7.59. The molecule has 28 heavy (non-hydrogen) atoms. The molecule has 1 N–H and O–H groups in total. The van der Waals surface area contributed by atoms with Gasteiger partial charge in [0.25, 0.3) is 0 Å². The largest absolute Gasteiger partial charge is 0.478 e. The van der Waals surface area contributed by atoms with Gasteiger partial charge in [0.2, 0.25) is 0 Å². The molecule has 0 atom stereocenters. The minimum absolute atomic E-state index is 0.210. The van der Waals surface area contributed by atoms with Crippen LogP contribution < -0.4 is 0 Å². The zero-order valence-electron chi connectivity index (χ0n) is 15.6. The number of nitrogens with zero attached hydrogens (tertiary/aromatic N) is 1. The van der Waals surface area contributed by atoms with Crippen LogP contribution in [0.2, 0.25) is 0 Å². The minimum atomic E-state index is -0.892. The zero-order valence-corrected chi connectivity index (χ0v) is 15.6. The number of amides is 1. The normalized spacial score (nSPS) is 17.6. The van der Waals surface area contributed by atoms with Crippen molar-refractivity contribution in [2.24, 2.45) is 5.41 Å². The van der Waals surface area contributed by atoms with Gasteiger partial charge in [-0.3, -0.25) is 0 Å². The van der Waals surface area contributed by atoms with Crippen LogP contribution in [0.1, 0.15) is 29.5 Å². The topological polar surface area (TPSA) is 66.8 Å². The number of hydrogen-bond donors (Lipinski definition) is 1. The first kappa shape index (κ1) is 18.3. The maximum absolute atomic E-state index is 12.4. The first-order chi connectivity index (χ1) is 13.6. The van der Waals surface area contributed by atoms with Crippen LogP contribution in [0.5, 0.6) is 0 Å². The van der Waals surface area contributed by atoms with Crippen molar-refractivity contribution in [3.63, 3.8) is 0 Å². The second kappa shape index (κ2) is 7.50. The molecule has 1 fully saturated rings. The van der Waals surface area contributed by atoms with Crippen LogP contribution in [0.25, 0.3) is 5.57 Å². The number of allylic oxidation sites excluding steroid dienone is 1. The summed E-state index contributed by atoms with van der Waals surface area (Å²) in [5, 5.41) is 9.66. The standard InChI is InChI=1S/C23H23NO4/c25-21(26)20-15-23(14-18-8-4-5-9-19(18)20)10-12-24(13-11-23)22(27)28-16-17-6-2-1-3-7-17/h1-9,15H,10-14,16H2,(H,25,26). The smallest absolute Gasteiger partial charge is 0.410 e. The van der Waals surface area contributed by atoms with E-state index in [9.17, 15) is 14.7 Å². The van der Waals surface area contributed by atoms with Gasteiger partial charge in [0.1, 0.15) is 6.61 Å². The van der Waals surface area contributed by atoms with Crippen LogP contribution >= 0.6 is 0 Å². The van der Waals surface area contributed by atoms with E-state index in [1.54, 1.807) is 4.90 Å². The summed E-state index contributed by atoms with van der Waals surface area (Å²) in [5.41, 5.74) is 3.01. The Kier molecular flexibility index (Phi) is 4.90. The molecular weight excluding hydrogens is 354 g/mol. The Morgan fingerprint density at radius 3 is 2.39 bits per heavy atom. The molecule has 2 aliphatic rings. The molecule has 0 bridgehead atoms. The van der Waals surface area contributed by atoms with E-state index in [1.165, 1.54) is 0 Å². The third-order valence-corrected chi connectivity index (χ3v) is 5.75. The Morgan fingerprint density at radius 2 is 1.68 bits per heavy atom. The summed E-state index contributed by atoms with van der Waals surface area (Å²) in [7, 11) is 0. The number of likely N-dealkylation sites (tertiary alicyclic amines) is 1. The summed E-state index contributed by atoms with van der Waals surface area (Å²) in [6.07, 6.45) is 3.89. The van der Waals surface area contributed by atoms with Gasteiger partial charge in [-0.05, 0) is 41.4 Å². The number of aliphatic carboxylic acids is 1. The quantitative estimate of drug-likeness (QED) is 0.873. The van der Waals surface area contributed by atoms with Crippen molar-refractivity contribution >= 4 is 17.6 Å². The molecule has 5 nitrogen and oxygen atoms in total. The van der Waals surface area contributed by atoms with Crippen LogP contribution in [0.15, 0.2) is 60.7 Å². The van der Waals surface area contributed by atoms with Crippen molar-refractivity contribution in [2.45, 2.75) is 25.9 Å². The van der Waals surface area contributed by atoms with Crippen LogP contribution in [0.4, 0.5) is 4.79 Å². The Labute approximate surface area is 164 Å². The van der Waals surface area contributed by atoms with Gasteiger partial charge in [-0.25, -0.2) is 9.59 Å². The van der Waals surface area contributed by atoms with E-state index in [4.69, 9.17) is 4.74 Å². The minimum Gasteiger partial charge on any atom is -0.478 e. The van der Waals surface area contributed by atoms with Gasteiger partial charge in [0.05, 0.1) is 5.57 Å². The molecule has 0 radical (unpaired) electrons. The molecule has 1 heterocycles. The van der Waals surface area contributed by atoms with Crippen LogP contribution in [-0.4, -0.2) is 35.2 Å². The van der Waals surface area contributed by atoms with E-state index in [0.29, 0.717) is 18.7 Å². The first-order valence-electron chi connectivity index (χ1n) is 9.56. The van der Waals surface area contributed by atoms with Crippen molar-refractivity contribution < 1.29 is 19.4 Å². The van der Waals surface area contributed by atoms with Crippen LogP contribution in [0.3, 0.4) is 0 Å². The van der Waals surface area contributed by atoms with Crippen molar-refractivity contribution in [1.29, 1.82) is 0 Å². The van der Waals surface area contributed by atoms with Gasteiger partial charge in [-0.2, -0.15) is 0 Å². The van der Waals surface area contributed by atoms with Crippen molar-refractivity contribution in [3.05, 3.63) is 77.4 Å². The predicted molar refractivity (Wildman–Crippen MR) is 106 cm³/mol. The summed E-state index contributed by atoms with van der Waals surface area (Å²) in [4.78, 5) is 25.9. The van der Waals surface area contributed by atoms with E-state index in [2.05, 4.69) is 0 Å². The number of hydrogen-bond acceptors (Lipinski definition) is 3. The molecular formula is C23H23NO4. The molecule has 1 spiro atoms. The Morgan fingerprint density at radius 1 is 1.00 bits per heavy atom. The molecule has 0 aromatic heterocycles. The first-order valence-corrected chi connectivity index (χ1v) is 9.56. The number of carboxylic acids is 1. The summed E-state index contributed by atoms with van der Waals surface area (Å²) >= 11 is 0. The second-order valence-electron chi connectivity index (χ2n) is 7.59. The van der Waals surface area contributed by atoms with Gasteiger partial charge in [-0.15, -0.1) is 0 Å². The summed E-state index contributed by atoms with van der Waals surface area (Å²) in [6, 6.07) is 17.3. The lowest BCUT2D eigenvalue weighted by Gasteiger charge is -2.42. The highest BCUT2D eigenvalue weighted by molar-refractivity contribution is 6.16. The molecule has 1 aliphatic heterocycles. The highest BCUT2D eigenvalue weighted by atomic mass is 16.6. The lowest BCUT2D eigenvalue weighted by atomic mass is 9.68. The summed E-state index contributed by atoms with van der Waals surface area (Å²) < 4.78 is 5.44. The number of rotatable bonds is 3. The maximum Gasteiger partial charge on any atom is 0.410 e.